The fraction of sp³-hybridized carbons (Fsp3) is 0.111. The summed E-state index contributed by atoms with van der Waals surface area (Å²) < 4.78 is 5.17. The molecule has 1 unspecified atom stereocenters. The molecule has 4 nitrogen and oxygen atoms in total. The Kier molecular flexibility index (Phi) is 2.60. The lowest BCUT2D eigenvalue weighted by Crippen LogP contribution is -2.11. The summed E-state index contributed by atoms with van der Waals surface area (Å²) in [5.41, 5.74) is 6.86. The molecule has 2 N–H and O–H groups in total. The predicted octanol–water partition coefficient (Wildman–Crippen LogP) is 1.88. The van der Waals surface area contributed by atoms with Crippen molar-refractivity contribution >= 4 is 15.9 Å². The Balaban J connectivity index is 2.29. The van der Waals surface area contributed by atoms with Gasteiger partial charge in [0.25, 0.3) is 4.80 Å². The van der Waals surface area contributed by atoms with Gasteiger partial charge in [-0.05, 0) is 5.56 Å². The van der Waals surface area contributed by atoms with Crippen molar-refractivity contribution in [3.05, 3.63) is 46.6 Å². The maximum absolute atomic E-state index is 5.91. The zero-order valence-corrected chi connectivity index (χ0v) is 8.81. The first-order valence-corrected chi connectivity index (χ1v) is 4.86. The molecule has 2 rings (SSSR count). The van der Waals surface area contributed by atoms with Crippen molar-refractivity contribution in [2.75, 3.05) is 0 Å². The minimum Gasteiger partial charge on any atom is -0.414 e. The van der Waals surface area contributed by atoms with E-state index in [-0.39, 0.29) is 6.04 Å². The highest BCUT2D eigenvalue weighted by molar-refractivity contribution is 9.10. The molecule has 0 aliphatic rings. The van der Waals surface area contributed by atoms with Crippen molar-refractivity contribution < 1.29 is 4.42 Å². The van der Waals surface area contributed by atoms with E-state index in [1.807, 2.05) is 30.3 Å². The van der Waals surface area contributed by atoms with E-state index >= 15 is 0 Å². The topological polar surface area (TPSA) is 64.9 Å². The van der Waals surface area contributed by atoms with E-state index in [1.165, 1.54) is 0 Å². The van der Waals surface area contributed by atoms with Crippen LogP contribution in [0.2, 0.25) is 0 Å². The molecule has 1 aromatic heterocycles. The third-order valence-corrected chi connectivity index (χ3v) is 2.16. The van der Waals surface area contributed by atoms with Gasteiger partial charge in [-0.15, -0.1) is 10.2 Å². The molecular weight excluding hydrogens is 246 g/mol. The highest BCUT2D eigenvalue weighted by Crippen LogP contribution is 2.19. The maximum Gasteiger partial charge on any atom is 0.284 e. The summed E-state index contributed by atoms with van der Waals surface area (Å²) in [5.74, 6) is 0.406. The van der Waals surface area contributed by atoms with E-state index < -0.39 is 0 Å². The summed E-state index contributed by atoms with van der Waals surface area (Å²) in [6.07, 6.45) is 0. The lowest BCUT2D eigenvalue weighted by Gasteiger charge is -2.05. The average molecular weight is 254 g/mol. The van der Waals surface area contributed by atoms with E-state index in [0.29, 0.717) is 10.7 Å². The van der Waals surface area contributed by atoms with E-state index in [2.05, 4.69) is 26.1 Å². The van der Waals surface area contributed by atoms with Gasteiger partial charge >= 0.3 is 0 Å². The summed E-state index contributed by atoms with van der Waals surface area (Å²) in [6.45, 7) is 0. The van der Waals surface area contributed by atoms with Crippen LogP contribution in [-0.4, -0.2) is 10.2 Å². The summed E-state index contributed by atoms with van der Waals surface area (Å²) in [7, 11) is 0. The molecule has 1 heterocycles. The molecule has 0 amide bonds. The lowest BCUT2D eigenvalue weighted by molar-refractivity contribution is 0.454. The molecule has 14 heavy (non-hydrogen) atoms. The Labute approximate surface area is 89.3 Å². The maximum atomic E-state index is 5.91. The lowest BCUT2D eigenvalue weighted by atomic mass is 10.1. The molecule has 1 aromatic carbocycles. The fourth-order valence-corrected chi connectivity index (χ4v) is 1.39. The zero-order chi connectivity index (χ0) is 9.97. The van der Waals surface area contributed by atoms with Crippen LogP contribution in [0.3, 0.4) is 0 Å². The van der Waals surface area contributed by atoms with E-state index in [9.17, 15) is 0 Å². The monoisotopic (exact) mass is 253 g/mol. The van der Waals surface area contributed by atoms with E-state index in [1.54, 1.807) is 0 Å². The summed E-state index contributed by atoms with van der Waals surface area (Å²) in [6, 6.07) is 9.24. The largest absolute Gasteiger partial charge is 0.414 e. The van der Waals surface area contributed by atoms with E-state index in [4.69, 9.17) is 10.2 Å². The molecule has 0 radical (unpaired) electrons. The van der Waals surface area contributed by atoms with Gasteiger partial charge in [-0.3, -0.25) is 0 Å². The Bertz CT molecular complexity index is 415. The Hall–Kier alpha value is -1.20. The number of hydrogen-bond donors (Lipinski definition) is 1. The van der Waals surface area contributed by atoms with Gasteiger partial charge in [-0.1, -0.05) is 30.3 Å². The van der Waals surface area contributed by atoms with Crippen LogP contribution in [0.4, 0.5) is 0 Å². The molecule has 0 spiro atoms. The number of benzene rings is 1. The van der Waals surface area contributed by atoms with Crippen LogP contribution in [0.1, 0.15) is 17.5 Å². The smallest absolute Gasteiger partial charge is 0.284 e. The molecule has 72 valence electrons. The first-order chi connectivity index (χ1) is 6.77. The van der Waals surface area contributed by atoms with Crippen molar-refractivity contribution in [1.82, 2.24) is 10.2 Å². The van der Waals surface area contributed by atoms with Crippen molar-refractivity contribution in [3.8, 4) is 0 Å². The normalized spacial score (nSPS) is 12.7. The van der Waals surface area contributed by atoms with Gasteiger partial charge in [0.05, 0.1) is 0 Å². The number of nitrogens with zero attached hydrogens (tertiary/aromatic N) is 2. The first kappa shape index (κ1) is 9.36. The summed E-state index contributed by atoms with van der Waals surface area (Å²) in [4.78, 5) is 0.346. The summed E-state index contributed by atoms with van der Waals surface area (Å²) >= 11 is 3.08. The van der Waals surface area contributed by atoms with Gasteiger partial charge in [-0.2, -0.15) is 0 Å². The van der Waals surface area contributed by atoms with Crippen LogP contribution >= 0.6 is 15.9 Å². The molecule has 5 heteroatoms. The quantitative estimate of drug-likeness (QED) is 0.888. The van der Waals surface area contributed by atoms with Gasteiger partial charge in [-0.25, -0.2) is 0 Å². The second-order valence-corrected chi connectivity index (χ2v) is 3.46. The molecule has 0 aliphatic carbocycles. The molecule has 0 fully saturated rings. The molecule has 0 saturated heterocycles. The second kappa shape index (κ2) is 3.89. The zero-order valence-electron chi connectivity index (χ0n) is 7.22. The molecule has 0 saturated carbocycles. The Morgan fingerprint density at radius 3 is 2.50 bits per heavy atom. The minimum absolute atomic E-state index is 0.346. The van der Waals surface area contributed by atoms with Gasteiger partial charge in [0.2, 0.25) is 5.89 Å². The van der Waals surface area contributed by atoms with Crippen molar-refractivity contribution in [3.63, 3.8) is 0 Å². The van der Waals surface area contributed by atoms with Crippen LogP contribution in [-0.2, 0) is 0 Å². The standard InChI is InChI=1S/C9H8BrN3O/c10-9-13-12-8(14-9)7(11)6-4-2-1-3-5-6/h1-5,7H,11H2. The average Bonchev–Trinajstić information content (AvgIpc) is 2.65. The van der Waals surface area contributed by atoms with Crippen LogP contribution in [0.5, 0.6) is 0 Å². The first-order valence-electron chi connectivity index (χ1n) is 4.07. The fourth-order valence-electron chi connectivity index (χ4n) is 1.14. The number of nitrogens with two attached hydrogens (primary N) is 1. The molecular formula is C9H8BrN3O. The molecule has 0 bridgehead atoms. The van der Waals surface area contributed by atoms with Gasteiger partial charge in [0, 0.05) is 15.9 Å². The molecule has 1 atom stereocenters. The van der Waals surface area contributed by atoms with Gasteiger partial charge in [0.1, 0.15) is 6.04 Å². The van der Waals surface area contributed by atoms with Gasteiger partial charge in [0.15, 0.2) is 0 Å². The van der Waals surface area contributed by atoms with Crippen LogP contribution in [0.25, 0.3) is 0 Å². The minimum atomic E-state index is -0.366. The van der Waals surface area contributed by atoms with Crippen LogP contribution < -0.4 is 5.73 Å². The predicted molar refractivity (Wildman–Crippen MR) is 54.5 cm³/mol. The highest BCUT2D eigenvalue weighted by atomic mass is 79.9. The Morgan fingerprint density at radius 2 is 1.93 bits per heavy atom. The van der Waals surface area contributed by atoms with Crippen LogP contribution in [0, 0.1) is 0 Å². The van der Waals surface area contributed by atoms with E-state index in [0.717, 1.165) is 5.56 Å². The van der Waals surface area contributed by atoms with Gasteiger partial charge < -0.3 is 10.2 Å². The summed E-state index contributed by atoms with van der Waals surface area (Å²) in [5, 5.41) is 7.49. The number of aromatic nitrogens is 2. The highest BCUT2D eigenvalue weighted by Gasteiger charge is 2.14. The van der Waals surface area contributed by atoms with Crippen LogP contribution in [0.15, 0.2) is 39.5 Å². The SMILES string of the molecule is NC(c1ccccc1)c1nnc(Br)o1. The Morgan fingerprint density at radius 1 is 1.21 bits per heavy atom. The molecule has 2 aromatic rings. The number of halogens is 1. The van der Waals surface area contributed by atoms with Crippen molar-refractivity contribution in [2.24, 2.45) is 5.73 Å². The second-order valence-electron chi connectivity index (χ2n) is 2.78. The number of rotatable bonds is 2. The van der Waals surface area contributed by atoms with Crippen molar-refractivity contribution in [1.29, 1.82) is 0 Å². The number of hydrogen-bond acceptors (Lipinski definition) is 4. The van der Waals surface area contributed by atoms with Crippen molar-refractivity contribution in [2.45, 2.75) is 6.04 Å². The third kappa shape index (κ3) is 1.83. The third-order valence-electron chi connectivity index (χ3n) is 1.84. The molecule has 0 aliphatic heterocycles.